The van der Waals surface area contributed by atoms with Crippen LogP contribution in [0.2, 0.25) is 0 Å². The van der Waals surface area contributed by atoms with E-state index in [0.717, 1.165) is 38.5 Å². The molecule has 3 rings (SSSR count). The Morgan fingerprint density at radius 2 is 1.23 bits per heavy atom. The van der Waals surface area contributed by atoms with Gasteiger partial charge >= 0.3 is 0 Å². The van der Waals surface area contributed by atoms with Crippen molar-refractivity contribution in [1.82, 2.24) is 14.5 Å². The SMILES string of the molecule is CNC(=O)C1CN(C(=O)CC2CCCCCCCC2)CCN1S(=O)(=O)C1CCCCCCCCC1. The summed E-state index contributed by atoms with van der Waals surface area (Å²) in [6.45, 7) is 0.759. The highest BCUT2D eigenvalue weighted by Crippen LogP contribution is 2.29. The van der Waals surface area contributed by atoms with Crippen molar-refractivity contribution in [2.24, 2.45) is 5.92 Å². The third kappa shape index (κ3) is 8.44. The van der Waals surface area contributed by atoms with Gasteiger partial charge in [0.05, 0.1) is 5.25 Å². The average molecular weight is 512 g/mol. The van der Waals surface area contributed by atoms with Crippen LogP contribution in [0, 0.1) is 5.92 Å². The number of likely N-dealkylation sites (N-methyl/N-ethyl adjacent to an activating group) is 1. The Bertz CT molecular complexity index is 752. The number of hydrogen-bond donors (Lipinski definition) is 1. The molecule has 1 unspecified atom stereocenters. The lowest BCUT2D eigenvalue weighted by atomic mass is 9.93. The van der Waals surface area contributed by atoms with Crippen molar-refractivity contribution in [3.8, 4) is 0 Å². The first kappa shape index (κ1) is 28.4. The summed E-state index contributed by atoms with van der Waals surface area (Å²) < 4.78 is 29.0. The molecular weight excluding hydrogens is 462 g/mol. The van der Waals surface area contributed by atoms with Crippen LogP contribution in [0.15, 0.2) is 0 Å². The molecule has 1 N–H and O–H groups in total. The van der Waals surface area contributed by atoms with E-state index in [4.69, 9.17) is 0 Å². The fourth-order valence-electron chi connectivity index (χ4n) is 6.24. The van der Waals surface area contributed by atoms with E-state index in [9.17, 15) is 18.0 Å². The first-order valence-corrected chi connectivity index (χ1v) is 15.9. The van der Waals surface area contributed by atoms with Crippen LogP contribution in [-0.4, -0.2) is 67.4 Å². The van der Waals surface area contributed by atoms with Gasteiger partial charge in [-0.05, 0) is 31.6 Å². The number of carbonyl (C=O) groups is 2. The highest BCUT2D eigenvalue weighted by Gasteiger charge is 2.43. The summed E-state index contributed by atoms with van der Waals surface area (Å²) in [4.78, 5) is 27.9. The Morgan fingerprint density at radius 3 is 1.74 bits per heavy atom. The van der Waals surface area contributed by atoms with Crippen LogP contribution in [0.5, 0.6) is 0 Å². The zero-order valence-corrected chi connectivity index (χ0v) is 22.8. The van der Waals surface area contributed by atoms with Gasteiger partial charge in [0.2, 0.25) is 21.8 Å². The maximum Gasteiger partial charge on any atom is 0.240 e. The molecule has 1 atom stereocenters. The van der Waals surface area contributed by atoms with Gasteiger partial charge in [-0.2, -0.15) is 4.31 Å². The van der Waals surface area contributed by atoms with Crippen molar-refractivity contribution in [2.75, 3.05) is 26.7 Å². The van der Waals surface area contributed by atoms with Gasteiger partial charge in [0.1, 0.15) is 6.04 Å². The van der Waals surface area contributed by atoms with Crippen LogP contribution in [0.3, 0.4) is 0 Å². The number of hydrogen-bond acceptors (Lipinski definition) is 4. The van der Waals surface area contributed by atoms with E-state index in [0.29, 0.717) is 31.7 Å². The monoisotopic (exact) mass is 511 g/mol. The fourth-order valence-corrected chi connectivity index (χ4v) is 8.40. The third-order valence-corrected chi connectivity index (χ3v) is 10.9. The van der Waals surface area contributed by atoms with E-state index in [1.165, 1.54) is 62.1 Å². The summed E-state index contributed by atoms with van der Waals surface area (Å²) in [5, 5.41) is 2.24. The molecule has 0 aromatic rings. The highest BCUT2D eigenvalue weighted by molar-refractivity contribution is 7.89. The van der Waals surface area contributed by atoms with Crippen LogP contribution >= 0.6 is 0 Å². The van der Waals surface area contributed by atoms with E-state index in [1.54, 1.807) is 11.9 Å². The van der Waals surface area contributed by atoms with E-state index in [2.05, 4.69) is 5.32 Å². The van der Waals surface area contributed by atoms with Gasteiger partial charge in [-0.1, -0.05) is 83.5 Å². The molecule has 2 aliphatic carbocycles. The minimum absolute atomic E-state index is 0.0823. The van der Waals surface area contributed by atoms with Crippen molar-refractivity contribution < 1.29 is 18.0 Å². The summed E-state index contributed by atoms with van der Waals surface area (Å²) in [7, 11) is -2.06. The van der Waals surface area contributed by atoms with Crippen LogP contribution < -0.4 is 5.32 Å². The molecule has 1 heterocycles. The van der Waals surface area contributed by atoms with E-state index in [1.807, 2.05) is 0 Å². The van der Waals surface area contributed by atoms with Gasteiger partial charge in [-0.15, -0.1) is 0 Å². The molecule has 3 aliphatic rings. The summed E-state index contributed by atoms with van der Waals surface area (Å²) >= 11 is 0. The first-order chi connectivity index (χ1) is 16.9. The molecule has 0 radical (unpaired) electrons. The lowest BCUT2D eigenvalue weighted by molar-refractivity contribution is -0.137. The topological polar surface area (TPSA) is 86.8 Å². The van der Waals surface area contributed by atoms with E-state index >= 15 is 0 Å². The zero-order chi connectivity index (χ0) is 25.1. The molecule has 1 saturated heterocycles. The van der Waals surface area contributed by atoms with E-state index in [-0.39, 0.29) is 24.9 Å². The zero-order valence-electron chi connectivity index (χ0n) is 22.0. The summed E-state index contributed by atoms with van der Waals surface area (Å²) in [5.74, 6) is 0.177. The van der Waals surface area contributed by atoms with Crippen molar-refractivity contribution in [2.45, 2.75) is 127 Å². The fraction of sp³-hybridized carbons (Fsp3) is 0.926. The molecule has 202 valence electrons. The second kappa shape index (κ2) is 14.6. The minimum atomic E-state index is -3.61. The van der Waals surface area contributed by atoms with Gasteiger partial charge in [-0.25, -0.2) is 8.42 Å². The Balaban J connectivity index is 1.67. The van der Waals surface area contributed by atoms with Crippen molar-refractivity contribution in [1.29, 1.82) is 0 Å². The molecule has 8 heteroatoms. The Hall–Kier alpha value is -1.15. The van der Waals surface area contributed by atoms with Gasteiger partial charge < -0.3 is 10.2 Å². The van der Waals surface area contributed by atoms with Crippen LogP contribution in [0.25, 0.3) is 0 Å². The molecule has 0 aromatic heterocycles. The molecule has 7 nitrogen and oxygen atoms in total. The van der Waals surface area contributed by atoms with Gasteiger partial charge in [-0.3, -0.25) is 9.59 Å². The molecule has 0 bridgehead atoms. The minimum Gasteiger partial charge on any atom is -0.358 e. The van der Waals surface area contributed by atoms with Crippen molar-refractivity contribution >= 4 is 21.8 Å². The molecule has 0 aromatic carbocycles. The van der Waals surface area contributed by atoms with Crippen LogP contribution in [0.4, 0.5) is 0 Å². The quantitative estimate of drug-likeness (QED) is 0.584. The average Bonchev–Trinajstić information content (AvgIpc) is 3.00. The van der Waals surface area contributed by atoms with Gasteiger partial charge in [0.25, 0.3) is 0 Å². The predicted octanol–water partition coefficient (Wildman–Crippen LogP) is 4.61. The molecular formula is C27H49N3O4S. The molecule has 2 saturated carbocycles. The summed E-state index contributed by atoms with van der Waals surface area (Å²) in [6.07, 6.45) is 19.1. The number of nitrogens with zero attached hydrogens (tertiary/aromatic N) is 2. The third-order valence-electron chi connectivity index (χ3n) is 8.47. The first-order valence-electron chi connectivity index (χ1n) is 14.4. The molecule has 35 heavy (non-hydrogen) atoms. The van der Waals surface area contributed by atoms with Crippen LogP contribution in [0.1, 0.15) is 116 Å². The standard InChI is InChI=1S/C27H49N3O4S/c1-28-27(32)25-22-29(26(31)21-23-15-11-7-5-6-8-12-16-23)19-20-30(25)35(33,34)24-17-13-9-3-2-4-10-14-18-24/h23-25H,2-22H2,1H3,(H,28,32). The van der Waals surface area contributed by atoms with Crippen molar-refractivity contribution in [3.63, 3.8) is 0 Å². The maximum atomic E-state index is 13.8. The summed E-state index contributed by atoms with van der Waals surface area (Å²) in [6, 6.07) is -0.835. The number of nitrogens with one attached hydrogen (secondary N) is 1. The van der Waals surface area contributed by atoms with E-state index < -0.39 is 21.3 Å². The lowest BCUT2D eigenvalue weighted by Crippen LogP contribution is -2.62. The summed E-state index contributed by atoms with van der Waals surface area (Å²) in [5.41, 5.74) is 0. The van der Waals surface area contributed by atoms with Gasteiger partial charge in [0, 0.05) is 33.1 Å². The molecule has 2 amide bonds. The number of carbonyl (C=O) groups excluding carboxylic acids is 2. The molecule has 1 aliphatic heterocycles. The maximum absolute atomic E-state index is 13.8. The highest BCUT2D eigenvalue weighted by atomic mass is 32.2. The predicted molar refractivity (Wildman–Crippen MR) is 140 cm³/mol. The molecule has 0 spiro atoms. The second-order valence-corrected chi connectivity index (χ2v) is 13.2. The Morgan fingerprint density at radius 1 is 0.743 bits per heavy atom. The van der Waals surface area contributed by atoms with Crippen molar-refractivity contribution in [3.05, 3.63) is 0 Å². The largest absolute Gasteiger partial charge is 0.358 e. The molecule has 3 fully saturated rings. The Kier molecular flexibility index (Phi) is 11.8. The van der Waals surface area contributed by atoms with Gasteiger partial charge in [0.15, 0.2) is 0 Å². The second-order valence-electron chi connectivity index (χ2n) is 11.1. The number of sulfonamides is 1. The lowest BCUT2D eigenvalue weighted by Gasteiger charge is -2.41. The normalized spacial score (nSPS) is 25.7. The van der Waals surface area contributed by atoms with Crippen LogP contribution in [-0.2, 0) is 19.6 Å². The Labute approximate surface area is 213 Å². The number of amides is 2. The number of rotatable bonds is 5. The number of piperazine rings is 1. The smallest absolute Gasteiger partial charge is 0.240 e.